The number of carboxylic acid groups (broad SMARTS) is 1. The number of ether oxygens (including phenoxy) is 1. The Morgan fingerprint density at radius 2 is 2.27 bits per heavy atom. The molecule has 0 fully saturated rings. The predicted octanol–water partition coefficient (Wildman–Crippen LogP) is 2.53. The van der Waals surface area contributed by atoms with E-state index >= 15 is 0 Å². The first kappa shape index (κ1) is 15.8. The highest BCUT2D eigenvalue weighted by atomic mass is 16.5. The summed E-state index contributed by atoms with van der Waals surface area (Å²) in [7, 11) is 0. The van der Waals surface area contributed by atoms with Crippen LogP contribution in [0.2, 0.25) is 0 Å². The number of carbonyl (C=O) groups is 1. The van der Waals surface area contributed by atoms with Gasteiger partial charge in [-0.3, -0.25) is 0 Å². The predicted molar refractivity (Wildman–Crippen MR) is 79.9 cm³/mol. The molecule has 7 nitrogen and oxygen atoms in total. The Morgan fingerprint density at radius 3 is 2.91 bits per heavy atom. The number of aromatic carboxylic acids is 1. The zero-order valence-electron chi connectivity index (χ0n) is 12.7. The summed E-state index contributed by atoms with van der Waals surface area (Å²) in [6.07, 6.45) is 3.71. The van der Waals surface area contributed by atoms with Crippen molar-refractivity contribution >= 4 is 17.0 Å². The van der Waals surface area contributed by atoms with Gasteiger partial charge in [0, 0.05) is 13.0 Å². The minimum Gasteiger partial charge on any atom is -0.492 e. The van der Waals surface area contributed by atoms with Crippen LogP contribution in [0.25, 0.3) is 11.0 Å². The van der Waals surface area contributed by atoms with Gasteiger partial charge in [0.1, 0.15) is 11.3 Å². The minimum absolute atomic E-state index is 0.0818. The Morgan fingerprint density at radius 1 is 1.50 bits per heavy atom. The van der Waals surface area contributed by atoms with Gasteiger partial charge < -0.3 is 9.84 Å². The number of pyridine rings is 1. The van der Waals surface area contributed by atoms with E-state index in [1.807, 2.05) is 0 Å². The first-order valence-electron chi connectivity index (χ1n) is 7.19. The maximum absolute atomic E-state index is 11.4. The average Bonchev–Trinajstić information content (AvgIpc) is 2.86. The van der Waals surface area contributed by atoms with Crippen LogP contribution in [0, 0.1) is 18.3 Å². The molecule has 2 heterocycles. The lowest BCUT2D eigenvalue weighted by molar-refractivity contribution is 0.0691. The second-order valence-corrected chi connectivity index (χ2v) is 4.86. The standard InChI is InChI=1S/C15H18N4O3/c1-3-22-13-11-9-17-19(8-6-4-5-7-16)14(11)18-10(2)12(13)15(20)21/h9H,3-6,8H2,1-2H3,(H,20,21). The Kier molecular flexibility index (Phi) is 4.94. The van der Waals surface area contributed by atoms with Crippen molar-refractivity contribution in [2.75, 3.05) is 6.61 Å². The molecular formula is C15H18N4O3. The van der Waals surface area contributed by atoms with Crippen LogP contribution in [0.3, 0.4) is 0 Å². The Hall–Kier alpha value is -2.62. The van der Waals surface area contributed by atoms with Gasteiger partial charge in [0.15, 0.2) is 5.65 Å². The van der Waals surface area contributed by atoms with E-state index in [9.17, 15) is 9.90 Å². The molecule has 7 heteroatoms. The topological polar surface area (TPSA) is 101 Å². The summed E-state index contributed by atoms with van der Waals surface area (Å²) >= 11 is 0. The van der Waals surface area contributed by atoms with E-state index in [0.29, 0.717) is 42.0 Å². The van der Waals surface area contributed by atoms with E-state index in [-0.39, 0.29) is 5.56 Å². The molecule has 0 aliphatic rings. The highest BCUT2D eigenvalue weighted by Crippen LogP contribution is 2.31. The molecule has 0 spiro atoms. The number of nitrogens with zero attached hydrogens (tertiary/aromatic N) is 4. The summed E-state index contributed by atoms with van der Waals surface area (Å²) in [5, 5.41) is 22.8. The van der Waals surface area contributed by atoms with E-state index in [0.717, 1.165) is 12.8 Å². The number of aromatic nitrogens is 3. The third kappa shape index (κ3) is 3.01. The van der Waals surface area contributed by atoms with Gasteiger partial charge in [0.05, 0.1) is 30.0 Å². The van der Waals surface area contributed by atoms with Crippen molar-refractivity contribution in [3.63, 3.8) is 0 Å². The molecule has 116 valence electrons. The van der Waals surface area contributed by atoms with Crippen LogP contribution in [0.1, 0.15) is 42.2 Å². The quantitative estimate of drug-likeness (QED) is 0.789. The molecule has 0 saturated heterocycles. The van der Waals surface area contributed by atoms with Crippen LogP contribution >= 0.6 is 0 Å². The maximum atomic E-state index is 11.4. The van der Waals surface area contributed by atoms with Crippen molar-refractivity contribution < 1.29 is 14.6 Å². The molecule has 2 aromatic heterocycles. The first-order chi connectivity index (χ1) is 10.6. The van der Waals surface area contributed by atoms with Crippen LogP contribution in [-0.4, -0.2) is 32.4 Å². The number of carboxylic acids is 1. The van der Waals surface area contributed by atoms with Crippen molar-refractivity contribution in [2.45, 2.75) is 39.7 Å². The zero-order chi connectivity index (χ0) is 16.1. The van der Waals surface area contributed by atoms with Crippen molar-refractivity contribution in [2.24, 2.45) is 0 Å². The summed E-state index contributed by atoms with van der Waals surface area (Å²) in [6.45, 7) is 4.46. The number of fused-ring (bicyclic) bond motifs is 1. The molecule has 0 bridgehead atoms. The van der Waals surface area contributed by atoms with Gasteiger partial charge >= 0.3 is 5.97 Å². The van der Waals surface area contributed by atoms with Crippen LogP contribution in [0.4, 0.5) is 0 Å². The third-order valence-electron chi connectivity index (χ3n) is 3.33. The van der Waals surface area contributed by atoms with E-state index in [1.165, 1.54) is 0 Å². The average molecular weight is 302 g/mol. The molecule has 2 aromatic rings. The Labute approximate surface area is 128 Å². The van der Waals surface area contributed by atoms with Crippen LogP contribution in [0.15, 0.2) is 6.20 Å². The normalized spacial score (nSPS) is 10.6. The van der Waals surface area contributed by atoms with Crippen molar-refractivity contribution in [1.29, 1.82) is 5.26 Å². The summed E-state index contributed by atoms with van der Waals surface area (Å²) in [6, 6.07) is 2.11. The molecule has 0 aliphatic heterocycles. The molecule has 1 N–H and O–H groups in total. The number of unbranched alkanes of at least 4 members (excludes halogenated alkanes) is 2. The summed E-state index contributed by atoms with van der Waals surface area (Å²) < 4.78 is 7.26. The molecule has 0 amide bonds. The zero-order valence-corrected chi connectivity index (χ0v) is 12.7. The van der Waals surface area contributed by atoms with E-state index in [4.69, 9.17) is 10.00 Å². The largest absolute Gasteiger partial charge is 0.492 e. The van der Waals surface area contributed by atoms with Gasteiger partial charge in [-0.25, -0.2) is 14.5 Å². The van der Waals surface area contributed by atoms with E-state index in [2.05, 4.69) is 16.2 Å². The van der Waals surface area contributed by atoms with Crippen molar-refractivity contribution in [3.8, 4) is 11.8 Å². The van der Waals surface area contributed by atoms with Gasteiger partial charge in [-0.15, -0.1) is 0 Å². The lowest BCUT2D eigenvalue weighted by atomic mass is 10.1. The van der Waals surface area contributed by atoms with Crippen LogP contribution in [0.5, 0.6) is 5.75 Å². The van der Waals surface area contributed by atoms with E-state index < -0.39 is 5.97 Å². The summed E-state index contributed by atoms with van der Waals surface area (Å²) in [5.74, 6) is -0.738. The number of hydrogen-bond donors (Lipinski definition) is 1. The van der Waals surface area contributed by atoms with Gasteiger partial charge in [-0.1, -0.05) is 0 Å². The molecule has 0 aliphatic carbocycles. The lowest BCUT2D eigenvalue weighted by Gasteiger charge is -2.11. The third-order valence-corrected chi connectivity index (χ3v) is 3.33. The molecule has 0 atom stereocenters. The van der Waals surface area contributed by atoms with Gasteiger partial charge in [0.25, 0.3) is 0 Å². The lowest BCUT2D eigenvalue weighted by Crippen LogP contribution is -2.09. The highest BCUT2D eigenvalue weighted by molar-refractivity contribution is 5.99. The van der Waals surface area contributed by atoms with Gasteiger partial charge in [-0.2, -0.15) is 10.4 Å². The fourth-order valence-electron chi connectivity index (χ4n) is 2.35. The van der Waals surface area contributed by atoms with Crippen LogP contribution in [-0.2, 0) is 6.54 Å². The molecular weight excluding hydrogens is 284 g/mol. The Balaban J connectivity index is 2.44. The second kappa shape index (κ2) is 6.89. The molecule has 22 heavy (non-hydrogen) atoms. The number of aryl methyl sites for hydroxylation is 2. The smallest absolute Gasteiger partial charge is 0.341 e. The summed E-state index contributed by atoms with van der Waals surface area (Å²) in [4.78, 5) is 15.8. The molecule has 0 saturated carbocycles. The summed E-state index contributed by atoms with van der Waals surface area (Å²) in [5.41, 5.74) is 1.10. The van der Waals surface area contributed by atoms with Crippen molar-refractivity contribution in [3.05, 3.63) is 17.5 Å². The fourth-order valence-corrected chi connectivity index (χ4v) is 2.35. The van der Waals surface area contributed by atoms with E-state index in [1.54, 1.807) is 24.7 Å². The highest BCUT2D eigenvalue weighted by Gasteiger charge is 2.22. The monoisotopic (exact) mass is 302 g/mol. The molecule has 0 aromatic carbocycles. The number of rotatable bonds is 7. The number of nitriles is 1. The molecule has 0 radical (unpaired) electrons. The SMILES string of the molecule is CCOc1c(C(=O)O)c(C)nc2c1cnn2CCCCC#N. The van der Waals surface area contributed by atoms with Gasteiger partial charge in [-0.05, 0) is 26.7 Å². The Bertz CT molecular complexity index is 730. The molecule has 0 unspecified atom stereocenters. The van der Waals surface area contributed by atoms with Crippen LogP contribution < -0.4 is 4.74 Å². The number of hydrogen-bond acceptors (Lipinski definition) is 5. The molecule has 2 rings (SSSR count). The maximum Gasteiger partial charge on any atom is 0.341 e. The van der Waals surface area contributed by atoms with Crippen molar-refractivity contribution in [1.82, 2.24) is 14.8 Å². The fraction of sp³-hybridized carbons (Fsp3) is 0.467. The second-order valence-electron chi connectivity index (χ2n) is 4.86. The van der Waals surface area contributed by atoms with Gasteiger partial charge in [0.2, 0.25) is 0 Å². The first-order valence-corrected chi connectivity index (χ1v) is 7.19. The minimum atomic E-state index is -1.06.